The molecule has 0 aliphatic carbocycles. The average Bonchev–Trinajstić information content (AvgIpc) is 2.95. The molecule has 0 atom stereocenters. The van der Waals surface area contributed by atoms with Gasteiger partial charge in [0.15, 0.2) is 0 Å². The Hall–Kier alpha value is -2.09. The molecule has 0 saturated heterocycles. The molecule has 0 bridgehead atoms. The van der Waals surface area contributed by atoms with Gasteiger partial charge in [0.2, 0.25) is 0 Å². The molecule has 2 heterocycles. The number of nitrogens with zero attached hydrogens (tertiary/aromatic N) is 3. The molecule has 22 heavy (non-hydrogen) atoms. The van der Waals surface area contributed by atoms with Crippen molar-refractivity contribution < 1.29 is 0 Å². The molecule has 0 aliphatic rings. The lowest BCUT2D eigenvalue weighted by Crippen LogP contribution is -2.13. The largest absolute Gasteiger partial charge is 0.384 e. The number of aliphatic imine (C=N–C) groups is 1. The van der Waals surface area contributed by atoms with E-state index in [1.165, 1.54) is 4.43 Å². The molecule has 5 heteroatoms. The zero-order valence-corrected chi connectivity index (χ0v) is 15.0. The van der Waals surface area contributed by atoms with Crippen molar-refractivity contribution in [2.24, 2.45) is 10.7 Å². The Morgan fingerprint density at radius 2 is 1.95 bits per heavy atom. The minimum absolute atomic E-state index is 0.601. The highest BCUT2D eigenvalue weighted by molar-refractivity contribution is 6.32. The van der Waals surface area contributed by atoms with Gasteiger partial charge >= 0.3 is 0 Å². The van der Waals surface area contributed by atoms with Crippen LogP contribution in [0.4, 0.5) is 0 Å². The predicted molar refractivity (Wildman–Crippen MR) is 94.7 cm³/mol. The molecule has 0 radical (unpaired) electrons. The van der Waals surface area contributed by atoms with E-state index in [2.05, 4.69) is 45.8 Å². The highest BCUT2D eigenvalue weighted by Crippen LogP contribution is 2.19. The quantitative estimate of drug-likeness (QED) is 0.450. The summed E-state index contributed by atoms with van der Waals surface area (Å²) in [5, 5.41) is 0. The third-order valence-electron chi connectivity index (χ3n) is 3.58. The van der Waals surface area contributed by atoms with E-state index in [0.717, 1.165) is 51.7 Å². The van der Waals surface area contributed by atoms with Gasteiger partial charge in [0.1, 0.15) is 11.5 Å². The molecule has 3 aromatic rings. The molecule has 4 nitrogen and oxygen atoms in total. The number of benzene rings is 1. The van der Waals surface area contributed by atoms with Crippen molar-refractivity contribution in [3.63, 3.8) is 0 Å². The van der Waals surface area contributed by atoms with Gasteiger partial charge < -0.3 is 10.1 Å². The molecule has 0 fully saturated rings. The minimum Gasteiger partial charge on any atom is -0.384 e. The van der Waals surface area contributed by atoms with Crippen LogP contribution in [0.15, 0.2) is 53.8 Å². The van der Waals surface area contributed by atoms with E-state index < -0.39 is 0 Å². The second-order valence-corrected chi connectivity index (χ2v) is 6.60. The van der Waals surface area contributed by atoms with Gasteiger partial charge in [-0.25, -0.2) is 4.98 Å². The standard InChI is InChI=1S/C17H17N4.Al.2H/c1-2-10-19-17(18)14-8-6-13(7-9-14)15-12-21-11-4-3-5-16(21)20-15;;;/h3,5-9,11-12H,2,10H2,1H3,(H2,18,19);;;. The SMILES string of the molecule is CCCN=C(N)c1ccc(-c2cn3c[c]([AlH2])ccc3n2)cc1. The van der Waals surface area contributed by atoms with Crippen LogP contribution in [0.5, 0.6) is 0 Å². The van der Waals surface area contributed by atoms with E-state index in [4.69, 9.17) is 5.73 Å². The number of fused-ring (bicyclic) bond motifs is 1. The Kier molecular flexibility index (Phi) is 4.28. The number of imidazole rings is 1. The Balaban J connectivity index is 1.91. The van der Waals surface area contributed by atoms with Crippen molar-refractivity contribution >= 4 is 32.2 Å². The van der Waals surface area contributed by atoms with Gasteiger partial charge in [-0.15, -0.1) is 4.43 Å². The Labute approximate surface area is 138 Å². The van der Waals surface area contributed by atoms with Crippen LogP contribution < -0.4 is 10.2 Å². The summed E-state index contributed by atoms with van der Waals surface area (Å²) in [7, 11) is 0. The van der Waals surface area contributed by atoms with Crippen molar-refractivity contribution in [1.29, 1.82) is 0 Å². The van der Waals surface area contributed by atoms with Gasteiger partial charge in [0.25, 0.3) is 16.3 Å². The van der Waals surface area contributed by atoms with Crippen molar-refractivity contribution in [3.05, 3.63) is 54.4 Å². The fraction of sp³-hybridized carbons (Fsp3) is 0.176. The van der Waals surface area contributed by atoms with Gasteiger partial charge in [-0.3, -0.25) is 4.99 Å². The normalized spacial score (nSPS) is 12.0. The van der Waals surface area contributed by atoms with E-state index in [1.54, 1.807) is 0 Å². The number of aromatic nitrogens is 2. The molecule has 2 aromatic heterocycles. The van der Waals surface area contributed by atoms with Gasteiger partial charge in [-0.1, -0.05) is 37.3 Å². The zero-order chi connectivity index (χ0) is 15.5. The summed E-state index contributed by atoms with van der Waals surface area (Å²) in [6.45, 7) is 2.86. The lowest BCUT2D eigenvalue weighted by atomic mass is 10.1. The van der Waals surface area contributed by atoms with E-state index in [1.807, 2.05) is 24.3 Å². The molecule has 110 valence electrons. The van der Waals surface area contributed by atoms with Crippen molar-refractivity contribution in [3.8, 4) is 11.3 Å². The molecule has 2 N–H and O–H groups in total. The fourth-order valence-corrected chi connectivity index (χ4v) is 2.82. The number of pyridine rings is 1. The summed E-state index contributed by atoms with van der Waals surface area (Å²) in [6.07, 6.45) is 5.21. The van der Waals surface area contributed by atoms with Crippen LogP contribution in [0.3, 0.4) is 0 Å². The highest BCUT2D eigenvalue weighted by atomic mass is 27.0. The van der Waals surface area contributed by atoms with Crippen LogP contribution in [0.2, 0.25) is 0 Å². The molecular formula is C17H19AlN4. The summed E-state index contributed by atoms with van der Waals surface area (Å²) >= 11 is 1.04. The third kappa shape index (κ3) is 3.06. The molecule has 0 amide bonds. The molecular weight excluding hydrogens is 287 g/mol. The average molecular weight is 306 g/mol. The first kappa shape index (κ1) is 14.8. The topological polar surface area (TPSA) is 55.7 Å². The molecule has 0 saturated carbocycles. The summed E-state index contributed by atoms with van der Waals surface area (Å²) in [4.78, 5) is 9.00. The van der Waals surface area contributed by atoms with E-state index in [9.17, 15) is 0 Å². The summed E-state index contributed by atoms with van der Waals surface area (Å²) < 4.78 is 3.44. The fourth-order valence-electron chi connectivity index (χ4n) is 2.38. The van der Waals surface area contributed by atoms with Crippen LogP contribution in [0, 0.1) is 0 Å². The summed E-state index contributed by atoms with van der Waals surface area (Å²) in [5.41, 5.74) is 9.98. The first-order chi connectivity index (χ1) is 10.7. The second-order valence-electron chi connectivity index (χ2n) is 5.44. The van der Waals surface area contributed by atoms with Crippen LogP contribution in [0.25, 0.3) is 16.9 Å². The van der Waals surface area contributed by atoms with Crippen LogP contribution in [0.1, 0.15) is 18.9 Å². The maximum absolute atomic E-state index is 5.98. The van der Waals surface area contributed by atoms with E-state index in [0.29, 0.717) is 5.84 Å². The number of rotatable bonds is 4. The highest BCUT2D eigenvalue weighted by Gasteiger charge is 2.05. The Bertz CT molecular complexity index is 818. The zero-order valence-electron chi connectivity index (χ0n) is 13.0. The lowest BCUT2D eigenvalue weighted by molar-refractivity contribution is 0.930. The number of hydrogen-bond acceptors (Lipinski definition) is 2. The molecule has 1 aromatic carbocycles. The van der Waals surface area contributed by atoms with Crippen molar-refractivity contribution in [2.45, 2.75) is 13.3 Å². The van der Waals surface area contributed by atoms with Gasteiger partial charge in [-0.05, 0) is 18.7 Å². The molecule has 0 unspecified atom stereocenters. The summed E-state index contributed by atoms with van der Waals surface area (Å²) in [5.74, 6) is 0.601. The molecule has 0 spiro atoms. The first-order valence-corrected chi connectivity index (χ1v) is 8.53. The van der Waals surface area contributed by atoms with Gasteiger partial charge in [0, 0.05) is 23.9 Å². The van der Waals surface area contributed by atoms with E-state index in [-0.39, 0.29) is 0 Å². The molecule has 3 rings (SSSR count). The lowest BCUT2D eigenvalue weighted by Gasteiger charge is -2.02. The van der Waals surface area contributed by atoms with Crippen LogP contribution in [-0.2, 0) is 0 Å². The predicted octanol–water partition coefficient (Wildman–Crippen LogP) is 1.37. The second kappa shape index (κ2) is 6.35. The summed E-state index contributed by atoms with van der Waals surface area (Å²) in [6, 6.07) is 12.3. The van der Waals surface area contributed by atoms with Crippen molar-refractivity contribution in [2.75, 3.05) is 6.54 Å². The number of hydrogen-bond donors (Lipinski definition) is 1. The maximum atomic E-state index is 5.98. The molecule has 0 aliphatic heterocycles. The third-order valence-corrected chi connectivity index (χ3v) is 4.17. The van der Waals surface area contributed by atoms with Gasteiger partial charge in [-0.2, -0.15) is 0 Å². The Morgan fingerprint density at radius 3 is 2.68 bits per heavy atom. The monoisotopic (exact) mass is 306 g/mol. The Morgan fingerprint density at radius 1 is 1.18 bits per heavy atom. The maximum Gasteiger partial charge on any atom is 0.261 e. The van der Waals surface area contributed by atoms with E-state index >= 15 is 0 Å². The number of nitrogens with two attached hydrogens (primary N) is 1. The first-order valence-electron chi connectivity index (χ1n) is 7.53. The number of amidine groups is 1. The van der Waals surface area contributed by atoms with Crippen molar-refractivity contribution in [1.82, 2.24) is 9.38 Å². The smallest absolute Gasteiger partial charge is 0.261 e. The minimum atomic E-state index is 0.601. The van der Waals surface area contributed by atoms with Crippen LogP contribution >= 0.6 is 0 Å². The van der Waals surface area contributed by atoms with Crippen LogP contribution in [-0.4, -0.2) is 38.1 Å². The van der Waals surface area contributed by atoms with Gasteiger partial charge in [0.05, 0.1) is 5.69 Å².